The Bertz CT molecular complexity index is 1420. The summed E-state index contributed by atoms with van der Waals surface area (Å²) in [5, 5.41) is 15.8. The number of nitrogens with two attached hydrogens (primary N) is 1. The molecule has 0 bridgehead atoms. The van der Waals surface area contributed by atoms with Crippen LogP contribution < -0.4 is 20.1 Å². The number of fused-ring (bicyclic) bond motifs is 1. The van der Waals surface area contributed by atoms with Crippen molar-refractivity contribution >= 4 is 44.2 Å². The molecule has 0 spiro atoms. The first kappa shape index (κ1) is 21.5. The van der Waals surface area contributed by atoms with E-state index in [0.717, 1.165) is 0 Å². The van der Waals surface area contributed by atoms with Crippen molar-refractivity contribution in [2.45, 2.75) is 11.8 Å². The Morgan fingerprint density at radius 3 is 2.72 bits per heavy atom. The van der Waals surface area contributed by atoms with Gasteiger partial charge in [-0.2, -0.15) is 10.1 Å². The first-order chi connectivity index (χ1) is 15.2. The molecule has 2 aromatic heterocycles. The minimum absolute atomic E-state index is 0.118. The maximum atomic E-state index is 14.4. The summed E-state index contributed by atoms with van der Waals surface area (Å²) in [5.41, 5.74) is 1.20. The lowest BCUT2D eigenvalue weighted by Crippen LogP contribution is -2.14. The van der Waals surface area contributed by atoms with E-state index in [1.165, 1.54) is 25.4 Å². The molecule has 0 unspecified atom stereocenters. The van der Waals surface area contributed by atoms with E-state index in [2.05, 4.69) is 25.5 Å². The standard InChI is InChI=1S/C20H20FN7O3S/c1-11-4-5-15-18(17(11)21)26-27-19(15)28(2)16-6-7-23-20(25-16)24-12-8-13(31-3)10-14(9-12)32(22,29)30/h4-10H,1-3H3,(H,26,27)(H2,22,29,30)(H,23,24,25). The maximum absolute atomic E-state index is 14.4. The lowest BCUT2D eigenvalue weighted by molar-refractivity contribution is 0.413. The van der Waals surface area contributed by atoms with Gasteiger partial charge in [-0.15, -0.1) is 0 Å². The summed E-state index contributed by atoms with van der Waals surface area (Å²) in [6.45, 7) is 1.68. The summed E-state index contributed by atoms with van der Waals surface area (Å²) in [6.07, 6.45) is 1.53. The van der Waals surface area contributed by atoms with Gasteiger partial charge in [-0.1, -0.05) is 6.07 Å². The summed E-state index contributed by atoms with van der Waals surface area (Å²) in [6, 6.07) is 9.38. The number of nitrogens with zero attached hydrogens (tertiary/aromatic N) is 4. The third kappa shape index (κ3) is 4.05. The Hall–Kier alpha value is -3.77. The number of aromatic nitrogens is 4. The molecule has 0 radical (unpaired) electrons. The van der Waals surface area contributed by atoms with E-state index in [9.17, 15) is 12.8 Å². The largest absolute Gasteiger partial charge is 0.497 e. The van der Waals surface area contributed by atoms with E-state index in [-0.39, 0.29) is 16.7 Å². The van der Waals surface area contributed by atoms with E-state index in [0.29, 0.717) is 39.5 Å². The summed E-state index contributed by atoms with van der Waals surface area (Å²) in [7, 11) is -0.787. The van der Waals surface area contributed by atoms with Crippen LogP contribution in [-0.4, -0.2) is 42.7 Å². The number of methoxy groups -OCH3 is 1. The van der Waals surface area contributed by atoms with Crippen molar-refractivity contribution in [3.63, 3.8) is 0 Å². The molecule has 2 heterocycles. The van der Waals surface area contributed by atoms with Crippen molar-refractivity contribution in [1.29, 1.82) is 0 Å². The van der Waals surface area contributed by atoms with E-state index in [4.69, 9.17) is 9.88 Å². The molecule has 0 atom stereocenters. The highest BCUT2D eigenvalue weighted by Gasteiger charge is 2.17. The SMILES string of the molecule is COc1cc(Nc2nccc(N(C)c3n[nH]c4c(F)c(C)ccc34)n2)cc(S(N)(=O)=O)c1. The second kappa shape index (κ2) is 8.05. The molecule has 4 aromatic rings. The molecule has 0 amide bonds. The molecule has 2 aromatic carbocycles. The zero-order valence-corrected chi connectivity index (χ0v) is 18.2. The lowest BCUT2D eigenvalue weighted by Gasteiger charge is -2.17. The molecular weight excluding hydrogens is 437 g/mol. The first-order valence-corrected chi connectivity index (χ1v) is 10.9. The molecule has 32 heavy (non-hydrogen) atoms. The summed E-state index contributed by atoms with van der Waals surface area (Å²) in [4.78, 5) is 10.2. The zero-order chi connectivity index (χ0) is 23.0. The summed E-state index contributed by atoms with van der Waals surface area (Å²) >= 11 is 0. The zero-order valence-electron chi connectivity index (χ0n) is 17.4. The van der Waals surface area contributed by atoms with Gasteiger partial charge in [0.05, 0.1) is 12.0 Å². The fraction of sp³-hybridized carbons (Fsp3) is 0.150. The van der Waals surface area contributed by atoms with Gasteiger partial charge in [0.1, 0.15) is 17.1 Å². The molecule has 0 aliphatic rings. The summed E-state index contributed by atoms with van der Waals surface area (Å²) < 4.78 is 43.0. The second-order valence-corrected chi connectivity index (χ2v) is 8.59. The Morgan fingerprint density at radius 1 is 1.22 bits per heavy atom. The summed E-state index contributed by atoms with van der Waals surface area (Å²) in [5.74, 6) is 1.11. The predicted molar refractivity (Wildman–Crippen MR) is 119 cm³/mol. The van der Waals surface area contributed by atoms with E-state index >= 15 is 0 Å². The molecule has 12 heteroatoms. The third-order valence-corrected chi connectivity index (χ3v) is 5.74. The highest BCUT2D eigenvalue weighted by Crippen LogP contribution is 2.31. The number of halogens is 1. The molecule has 166 valence electrons. The molecule has 0 fully saturated rings. The Labute approximate surface area is 183 Å². The van der Waals surface area contributed by atoms with Crippen molar-refractivity contribution in [3.8, 4) is 5.75 Å². The highest BCUT2D eigenvalue weighted by atomic mass is 32.2. The predicted octanol–water partition coefficient (Wildman–Crippen LogP) is 2.97. The number of primary sulfonamides is 1. The molecule has 0 saturated heterocycles. The second-order valence-electron chi connectivity index (χ2n) is 7.03. The number of ether oxygens (including phenoxy) is 1. The number of hydrogen-bond acceptors (Lipinski definition) is 8. The topological polar surface area (TPSA) is 139 Å². The highest BCUT2D eigenvalue weighted by molar-refractivity contribution is 7.89. The van der Waals surface area contributed by atoms with Crippen molar-refractivity contribution in [2.24, 2.45) is 5.14 Å². The average Bonchev–Trinajstić information content (AvgIpc) is 3.20. The Kier molecular flexibility index (Phi) is 5.40. The van der Waals surface area contributed by atoms with Crippen LogP contribution in [0.25, 0.3) is 10.9 Å². The lowest BCUT2D eigenvalue weighted by atomic mass is 10.1. The fourth-order valence-corrected chi connectivity index (χ4v) is 3.73. The first-order valence-electron chi connectivity index (χ1n) is 9.36. The van der Waals surface area contributed by atoms with Crippen LogP contribution in [0.15, 0.2) is 47.5 Å². The van der Waals surface area contributed by atoms with Crippen molar-refractivity contribution < 1.29 is 17.5 Å². The number of aromatic amines is 1. The molecular formula is C20H20FN7O3S. The van der Waals surface area contributed by atoms with Gasteiger partial charge in [0.25, 0.3) is 0 Å². The number of sulfonamides is 1. The van der Waals surface area contributed by atoms with Crippen LogP contribution in [0, 0.1) is 12.7 Å². The number of aryl methyl sites for hydroxylation is 1. The minimum Gasteiger partial charge on any atom is -0.497 e. The maximum Gasteiger partial charge on any atom is 0.238 e. The van der Waals surface area contributed by atoms with Crippen LogP contribution in [0.3, 0.4) is 0 Å². The fourth-order valence-electron chi connectivity index (χ4n) is 3.16. The van der Waals surface area contributed by atoms with Crippen LogP contribution in [0.4, 0.5) is 27.7 Å². The molecule has 0 aliphatic heterocycles. The van der Waals surface area contributed by atoms with Crippen LogP contribution in [0.5, 0.6) is 5.75 Å². The number of nitrogens with one attached hydrogen (secondary N) is 2. The Balaban J connectivity index is 1.67. The molecule has 4 N–H and O–H groups in total. The van der Waals surface area contributed by atoms with Gasteiger partial charge in [0.2, 0.25) is 16.0 Å². The molecule has 10 nitrogen and oxygen atoms in total. The smallest absolute Gasteiger partial charge is 0.238 e. The van der Waals surface area contributed by atoms with Gasteiger partial charge in [-0.25, -0.2) is 22.9 Å². The van der Waals surface area contributed by atoms with Crippen LogP contribution in [0.1, 0.15) is 5.56 Å². The number of rotatable bonds is 6. The van der Waals surface area contributed by atoms with E-state index in [1.54, 1.807) is 43.1 Å². The van der Waals surface area contributed by atoms with Gasteiger partial charge in [0.15, 0.2) is 11.6 Å². The van der Waals surface area contributed by atoms with Gasteiger partial charge in [-0.05, 0) is 30.7 Å². The molecule has 0 saturated carbocycles. The number of anilines is 4. The van der Waals surface area contributed by atoms with Crippen molar-refractivity contribution in [1.82, 2.24) is 20.2 Å². The van der Waals surface area contributed by atoms with Crippen molar-refractivity contribution in [3.05, 3.63) is 54.0 Å². The molecule has 4 rings (SSSR count). The van der Waals surface area contributed by atoms with Gasteiger partial charge in [-0.3, -0.25) is 5.10 Å². The van der Waals surface area contributed by atoms with Crippen LogP contribution in [-0.2, 0) is 10.0 Å². The average molecular weight is 457 g/mol. The van der Waals surface area contributed by atoms with Gasteiger partial charge >= 0.3 is 0 Å². The Morgan fingerprint density at radius 2 is 2.00 bits per heavy atom. The van der Waals surface area contributed by atoms with E-state index < -0.39 is 10.0 Å². The van der Waals surface area contributed by atoms with Crippen molar-refractivity contribution in [2.75, 3.05) is 24.4 Å². The van der Waals surface area contributed by atoms with E-state index in [1.807, 2.05) is 0 Å². The number of H-pyrrole nitrogens is 1. The number of benzene rings is 2. The third-order valence-electron chi connectivity index (χ3n) is 4.85. The van der Waals surface area contributed by atoms with Gasteiger partial charge < -0.3 is 15.0 Å². The quantitative estimate of drug-likeness (QED) is 0.402. The van der Waals surface area contributed by atoms with Crippen LogP contribution in [0.2, 0.25) is 0 Å². The minimum atomic E-state index is -3.94. The monoisotopic (exact) mass is 457 g/mol. The molecule has 0 aliphatic carbocycles. The van der Waals surface area contributed by atoms with Gasteiger partial charge in [0, 0.05) is 36.5 Å². The number of hydrogen-bond donors (Lipinski definition) is 3. The van der Waals surface area contributed by atoms with Crippen LogP contribution >= 0.6 is 0 Å². The normalized spacial score (nSPS) is 11.5.